The van der Waals surface area contributed by atoms with E-state index in [0.717, 1.165) is 0 Å². The minimum Gasteiger partial charge on any atom is -0.372 e. The average Bonchev–Trinajstić information content (AvgIpc) is 1.78. The van der Waals surface area contributed by atoms with Gasteiger partial charge >= 0.3 is 0 Å². The Kier molecular flexibility index (Phi) is 1140. The van der Waals surface area contributed by atoms with E-state index in [1.54, 1.807) is 0 Å². The van der Waals surface area contributed by atoms with Gasteiger partial charge in [-0.15, -0.1) is 0 Å². The maximum atomic E-state index is 8.58. The Morgan fingerprint density at radius 3 is 1.14 bits per heavy atom. The molecule has 0 radical (unpaired) electrons. The summed E-state index contributed by atoms with van der Waals surface area (Å²) < 4.78 is 0. The molecule has 46 valence electrons. The molecule has 0 aromatic heterocycles. The maximum Gasteiger partial charge on any atom is 0.204 e. The molecule has 0 aromatic rings. The van der Waals surface area contributed by atoms with Gasteiger partial charge in [0.05, 0.1) is 0 Å². The third-order valence-electron chi connectivity index (χ3n) is 0. The molecule has 0 unspecified atom stereocenters. The summed E-state index contributed by atoms with van der Waals surface area (Å²) in [5, 5.41) is 0. The minimum absolute atomic E-state index is 0.250. The minimum atomic E-state index is 0.250. The number of carbonyl (C=O) groups is 1. The molecule has 0 fully saturated rings. The molecule has 2 nitrogen and oxygen atoms in total. The zero-order chi connectivity index (χ0) is 6.71. The van der Waals surface area contributed by atoms with Crippen molar-refractivity contribution in [1.82, 2.24) is 0 Å². The molecule has 0 aliphatic carbocycles. The molecule has 7 heavy (non-hydrogen) atoms. The van der Waals surface area contributed by atoms with Gasteiger partial charge in [0, 0.05) is 0 Å². The van der Waals surface area contributed by atoms with Crippen LogP contribution in [0.3, 0.4) is 0 Å². The summed E-state index contributed by atoms with van der Waals surface area (Å²) in [5.74, 6) is 0. The molecule has 0 saturated heterocycles. The van der Waals surface area contributed by atoms with Crippen molar-refractivity contribution >= 4 is 6.41 Å². The first-order valence-corrected chi connectivity index (χ1v) is 2.57. The van der Waals surface area contributed by atoms with Crippen LogP contribution in [0.4, 0.5) is 0 Å². The van der Waals surface area contributed by atoms with E-state index in [-0.39, 0.29) is 6.41 Å². The first kappa shape index (κ1) is 16.1. The van der Waals surface area contributed by atoms with E-state index in [1.807, 2.05) is 27.7 Å². The van der Waals surface area contributed by atoms with Crippen LogP contribution in [0.5, 0.6) is 0 Å². The van der Waals surface area contributed by atoms with Gasteiger partial charge in [-0.1, -0.05) is 27.7 Å². The van der Waals surface area contributed by atoms with Crippen LogP contribution in [0.1, 0.15) is 27.7 Å². The lowest BCUT2D eigenvalue weighted by molar-refractivity contribution is -0.106. The van der Waals surface area contributed by atoms with E-state index in [1.165, 1.54) is 0 Å². The van der Waals surface area contributed by atoms with Crippen LogP contribution in [0.15, 0.2) is 0 Å². The van der Waals surface area contributed by atoms with Crippen molar-refractivity contribution in [2.45, 2.75) is 27.7 Å². The highest BCUT2D eigenvalue weighted by atomic mass is 16.1. The van der Waals surface area contributed by atoms with Crippen molar-refractivity contribution in [2.75, 3.05) is 0 Å². The fraction of sp³-hybridized carbons (Fsp3) is 0.800. The number of carbonyl (C=O) groups excluding carboxylic acids is 1. The van der Waals surface area contributed by atoms with Gasteiger partial charge in [-0.05, 0) is 0 Å². The summed E-state index contributed by atoms with van der Waals surface area (Å²) >= 11 is 0. The summed E-state index contributed by atoms with van der Waals surface area (Å²) in [5.41, 5.74) is 4.17. The summed E-state index contributed by atoms with van der Waals surface area (Å²) in [6, 6.07) is 0. The maximum absolute atomic E-state index is 8.58. The second-order valence-corrected chi connectivity index (χ2v) is 0.136. The number of hydrogen-bond acceptors (Lipinski definition) is 1. The van der Waals surface area contributed by atoms with E-state index < -0.39 is 0 Å². The second kappa shape index (κ2) is 495. The van der Waals surface area contributed by atoms with E-state index >= 15 is 0 Å². The lowest BCUT2D eigenvalue weighted by Gasteiger charge is -1.32. The van der Waals surface area contributed by atoms with E-state index in [4.69, 9.17) is 4.79 Å². The topological polar surface area (TPSA) is 43.1 Å². The number of rotatable bonds is 0. The Balaban J connectivity index is -0.0000000360. The molecule has 0 bridgehead atoms. The molecule has 1 amide bonds. The molecule has 0 saturated carbocycles. The lowest BCUT2D eigenvalue weighted by atomic mass is 11.0. The normalized spacial score (nSPS) is 3.43. The molecule has 2 N–H and O–H groups in total. The van der Waals surface area contributed by atoms with E-state index in [9.17, 15) is 0 Å². The quantitative estimate of drug-likeness (QED) is 0.461. The fourth-order valence-electron chi connectivity index (χ4n) is 0. The van der Waals surface area contributed by atoms with Gasteiger partial charge in [0.25, 0.3) is 0 Å². The Labute approximate surface area is 45.7 Å². The van der Waals surface area contributed by atoms with Crippen molar-refractivity contribution in [3.05, 3.63) is 0 Å². The van der Waals surface area contributed by atoms with Crippen LogP contribution in [0.25, 0.3) is 0 Å². The van der Waals surface area contributed by atoms with Crippen molar-refractivity contribution in [1.29, 1.82) is 0 Å². The van der Waals surface area contributed by atoms with Crippen LogP contribution in [-0.4, -0.2) is 6.41 Å². The van der Waals surface area contributed by atoms with Crippen molar-refractivity contribution in [3.63, 3.8) is 0 Å². The molecule has 0 atom stereocenters. The summed E-state index contributed by atoms with van der Waals surface area (Å²) in [6.45, 7) is 8.00. The SMILES string of the molecule is CC.CC.NC=O. The number of hydrogen-bond donors (Lipinski definition) is 1. The largest absolute Gasteiger partial charge is 0.372 e. The summed E-state index contributed by atoms with van der Waals surface area (Å²) in [4.78, 5) is 8.58. The number of amides is 1. The Bertz CT molecular complexity index is 15.6. The molecule has 0 aromatic carbocycles. The Morgan fingerprint density at radius 2 is 1.14 bits per heavy atom. The first-order valence-electron chi connectivity index (χ1n) is 2.57. The van der Waals surface area contributed by atoms with E-state index in [2.05, 4.69) is 5.73 Å². The van der Waals surface area contributed by atoms with Crippen LogP contribution in [0.2, 0.25) is 0 Å². The molecule has 0 aliphatic heterocycles. The predicted octanol–water partition coefficient (Wildman–Crippen LogP) is 1.15. The van der Waals surface area contributed by atoms with Crippen molar-refractivity contribution in [3.8, 4) is 0 Å². The standard InChI is InChI=1S/2C2H6.CH3NO/c2*1-2;2-1-3/h2*1-2H3;1H,(H2,2,3). The van der Waals surface area contributed by atoms with Crippen LogP contribution >= 0.6 is 0 Å². The third kappa shape index (κ3) is 234. The third-order valence-corrected chi connectivity index (χ3v) is 0. The van der Waals surface area contributed by atoms with Crippen molar-refractivity contribution < 1.29 is 4.79 Å². The summed E-state index contributed by atoms with van der Waals surface area (Å²) in [7, 11) is 0. The first-order chi connectivity index (χ1) is 3.41. The lowest BCUT2D eigenvalue weighted by Crippen LogP contribution is -1.82. The molecule has 0 spiro atoms. The zero-order valence-corrected chi connectivity index (χ0v) is 5.56. The highest BCUT2D eigenvalue weighted by Gasteiger charge is 1.19. The van der Waals surface area contributed by atoms with Crippen molar-refractivity contribution in [2.24, 2.45) is 5.73 Å². The van der Waals surface area contributed by atoms with Gasteiger partial charge in [0.2, 0.25) is 6.41 Å². The highest BCUT2D eigenvalue weighted by Crippen LogP contribution is 1.15. The number of nitrogens with two attached hydrogens (primary N) is 1. The highest BCUT2D eigenvalue weighted by molar-refractivity contribution is 5.42. The van der Waals surface area contributed by atoms with Crippen LogP contribution in [-0.2, 0) is 4.79 Å². The molecular weight excluding hydrogens is 90.1 g/mol. The van der Waals surface area contributed by atoms with E-state index in [0.29, 0.717) is 0 Å². The van der Waals surface area contributed by atoms with Gasteiger partial charge in [0.15, 0.2) is 0 Å². The molecule has 0 rings (SSSR count). The zero-order valence-electron chi connectivity index (χ0n) is 5.56. The molecule has 0 aliphatic rings. The molecule has 2 heteroatoms. The predicted molar refractivity (Wildman–Crippen MR) is 32.9 cm³/mol. The monoisotopic (exact) mass is 105 g/mol. The van der Waals surface area contributed by atoms with Gasteiger partial charge in [-0.25, -0.2) is 0 Å². The van der Waals surface area contributed by atoms with Crippen LogP contribution in [0, 0.1) is 0 Å². The fourth-order valence-corrected chi connectivity index (χ4v) is 0. The Hall–Kier alpha value is -0.530. The summed E-state index contributed by atoms with van der Waals surface area (Å²) in [6.07, 6.45) is 0.250. The molecule has 0 heterocycles. The van der Waals surface area contributed by atoms with Gasteiger partial charge in [0.1, 0.15) is 0 Å². The van der Waals surface area contributed by atoms with Gasteiger partial charge in [-0.3, -0.25) is 4.79 Å². The van der Waals surface area contributed by atoms with Gasteiger partial charge in [-0.2, -0.15) is 0 Å². The smallest absolute Gasteiger partial charge is 0.204 e. The second-order valence-electron chi connectivity index (χ2n) is 0.136. The number of primary amides is 1. The average molecular weight is 105 g/mol. The van der Waals surface area contributed by atoms with Gasteiger partial charge < -0.3 is 5.73 Å². The Morgan fingerprint density at radius 1 is 1.14 bits per heavy atom. The molecular formula is C5H15NO. The van der Waals surface area contributed by atoms with Crippen LogP contribution < -0.4 is 5.73 Å².